The van der Waals surface area contributed by atoms with E-state index in [1.807, 2.05) is 36.4 Å². The largest absolute Gasteiger partial charge is 0.444 e. The number of amides is 5. The zero-order chi connectivity index (χ0) is 35.8. The summed E-state index contributed by atoms with van der Waals surface area (Å²) in [5.74, 6) is -2.47. The third-order valence-electron chi connectivity index (χ3n) is 9.90. The average molecular weight is 714 g/mol. The third-order valence-corrected chi connectivity index (χ3v) is 11.7. The van der Waals surface area contributed by atoms with E-state index in [1.165, 1.54) is 4.90 Å². The molecule has 0 aromatic heterocycles. The number of sulfonamides is 1. The number of ether oxygens (including phenoxy) is 2. The molecule has 3 N–H and O–H groups in total. The molecular formula is C35H47N5O9S. The van der Waals surface area contributed by atoms with Crippen LogP contribution in [0, 0.1) is 5.92 Å². The third kappa shape index (κ3) is 8.08. The first kappa shape index (κ1) is 35.7. The van der Waals surface area contributed by atoms with Gasteiger partial charge in [-0.3, -0.25) is 24.0 Å². The van der Waals surface area contributed by atoms with E-state index in [0.717, 1.165) is 24.0 Å². The van der Waals surface area contributed by atoms with E-state index >= 15 is 0 Å². The SMILES string of the molecule is CC(C)(C)OC(=O)N[C@H]1CCCCC/C=C\[C@@H]2C[C@@]2(C(=O)NS(=O)(=O)C2CC2)NC(=O)[C@@H]2C[C@@H](OC(=O)N3Cc4ccccc4C3)CN2C1=O. The summed E-state index contributed by atoms with van der Waals surface area (Å²) in [5.41, 5.74) is -0.315. The molecule has 0 spiro atoms. The van der Waals surface area contributed by atoms with Gasteiger partial charge in [0.05, 0.1) is 11.8 Å². The number of benzene rings is 1. The highest BCUT2D eigenvalue weighted by atomic mass is 32.2. The van der Waals surface area contributed by atoms with E-state index in [1.54, 1.807) is 25.7 Å². The molecule has 15 heteroatoms. The molecule has 272 valence electrons. The molecular weight excluding hydrogens is 666 g/mol. The Bertz CT molecular complexity index is 1640. The highest BCUT2D eigenvalue weighted by molar-refractivity contribution is 7.91. The minimum atomic E-state index is -3.89. The van der Waals surface area contributed by atoms with Crippen LogP contribution in [0.25, 0.3) is 0 Å². The van der Waals surface area contributed by atoms with Crippen LogP contribution in [0.2, 0.25) is 0 Å². The summed E-state index contributed by atoms with van der Waals surface area (Å²) in [5, 5.41) is 4.88. The lowest BCUT2D eigenvalue weighted by Crippen LogP contribution is -2.58. The van der Waals surface area contributed by atoms with Crippen molar-refractivity contribution in [3.8, 4) is 0 Å². The van der Waals surface area contributed by atoms with Crippen molar-refractivity contribution in [2.45, 2.75) is 126 Å². The van der Waals surface area contributed by atoms with E-state index < -0.39 is 80.4 Å². The van der Waals surface area contributed by atoms with Crippen molar-refractivity contribution in [2.24, 2.45) is 5.92 Å². The van der Waals surface area contributed by atoms with E-state index in [2.05, 4.69) is 15.4 Å². The summed E-state index contributed by atoms with van der Waals surface area (Å²) >= 11 is 0. The van der Waals surface area contributed by atoms with Crippen LogP contribution in [0.1, 0.15) is 89.7 Å². The zero-order valence-corrected chi connectivity index (χ0v) is 29.6. The van der Waals surface area contributed by atoms with E-state index in [4.69, 9.17) is 9.47 Å². The van der Waals surface area contributed by atoms with Crippen LogP contribution in [0.4, 0.5) is 9.59 Å². The molecule has 0 unspecified atom stereocenters. The quantitative estimate of drug-likeness (QED) is 0.387. The van der Waals surface area contributed by atoms with Crippen molar-refractivity contribution in [2.75, 3.05) is 6.54 Å². The molecule has 5 amide bonds. The van der Waals surface area contributed by atoms with Crippen LogP contribution in [0.15, 0.2) is 36.4 Å². The Kier molecular flexibility index (Phi) is 9.90. The Morgan fingerprint density at radius 2 is 1.70 bits per heavy atom. The Hall–Kier alpha value is -4.14. The topological polar surface area (TPSA) is 181 Å². The molecule has 5 atom stereocenters. The molecule has 3 aliphatic heterocycles. The maximum absolute atomic E-state index is 14.3. The molecule has 3 fully saturated rings. The van der Waals surface area contributed by atoms with Gasteiger partial charge < -0.3 is 25.0 Å². The van der Waals surface area contributed by atoms with Crippen LogP contribution in [-0.4, -0.2) is 89.2 Å². The summed E-state index contributed by atoms with van der Waals surface area (Å²) in [6.07, 6.45) is 5.72. The number of hydrogen-bond donors (Lipinski definition) is 3. The number of alkyl carbamates (subject to hydrolysis) is 1. The molecule has 5 aliphatic rings. The molecule has 1 aromatic rings. The number of nitrogens with one attached hydrogen (secondary N) is 3. The maximum Gasteiger partial charge on any atom is 0.410 e. The van der Waals surface area contributed by atoms with E-state index in [0.29, 0.717) is 38.8 Å². The lowest BCUT2D eigenvalue weighted by Gasteiger charge is -2.30. The fraction of sp³-hybridized carbons (Fsp3) is 0.629. The van der Waals surface area contributed by atoms with E-state index in [-0.39, 0.29) is 25.8 Å². The predicted octanol–water partition coefficient (Wildman–Crippen LogP) is 3.01. The summed E-state index contributed by atoms with van der Waals surface area (Å²) < 4.78 is 39.0. The first-order valence-electron chi connectivity index (χ1n) is 17.5. The van der Waals surface area contributed by atoms with Crippen LogP contribution in [0.3, 0.4) is 0 Å². The summed E-state index contributed by atoms with van der Waals surface area (Å²) in [6, 6.07) is 5.49. The first-order chi connectivity index (χ1) is 23.6. The van der Waals surface area contributed by atoms with E-state index in [9.17, 15) is 32.4 Å². The summed E-state index contributed by atoms with van der Waals surface area (Å²) in [7, 11) is -3.89. The Labute approximate surface area is 292 Å². The predicted molar refractivity (Wildman–Crippen MR) is 181 cm³/mol. The van der Waals surface area contributed by atoms with Gasteiger partial charge in [0.15, 0.2) is 0 Å². The maximum atomic E-state index is 14.3. The van der Waals surface area contributed by atoms with Gasteiger partial charge in [-0.15, -0.1) is 0 Å². The number of carbonyl (C=O) groups is 5. The van der Waals surface area contributed by atoms with Gasteiger partial charge >= 0.3 is 12.2 Å². The number of rotatable bonds is 5. The normalized spacial score (nSPS) is 29.3. The number of allylic oxidation sites excluding steroid dienone is 1. The van der Waals surface area contributed by atoms with Gasteiger partial charge in [0.25, 0.3) is 5.91 Å². The van der Waals surface area contributed by atoms with Crippen molar-refractivity contribution >= 4 is 39.9 Å². The van der Waals surface area contributed by atoms with Crippen molar-refractivity contribution < 1.29 is 41.9 Å². The van der Waals surface area contributed by atoms with Crippen LogP contribution < -0.4 is 15.4 Å². The second kappa shape index (κ2) is 13.9. The molecule has 2 saturated carbocycles. The lowest BCUT2D eigenvalue weighted by atomic mass is 10.0. The lowest BCUT2D eigenvalue weighted by molar-refractivity contribution is -0.141. The van der Waals surface area contributed by atoms with Gasteiger partial charge in [0.2, 0.25) is 21.8 Å². The molecule has 3 heterocycles. The smallest absolute Gasteiger partial charge is 0.410 e. The second-order valence-electron chi connectivity index (χ2n) is 15.1. The monoisotopic (exact) mass is 713 g/mol. The van der Waals surface area contributed by atoms with Crippen molar-refractivity contribution in [3.63, 3.8) is 0 Å². The molecule has 6 rings (SSSR count). The number of carbonyl (C=O) groups excluding carboxylic acids is 5. The Morgan fingerprint density at radius 1 is 1.00 bits per heavy atom. The van der Waals surface area contributed by atoms with Gasteiger partial charge in [-0.25, -0.2) is 18.0 Å². The molecule has 0 bridgehead atoms. The minimum Gasteiger partial charge on any atom is -0.444 e. The van der Waals surface area contributed by atoms with Crippen LogP contribution in [0.5, 0.6) is 0 Å². The Morgan fingerprint density at radius 3 is 2.36 bits per heavy atom. The van der Waals surface area contributed by atoms with Crippen LogP contribution >= 0.6 is 0 Å². The molecule has 50 heavy (non-hydrogen) atoms. The van der Waals surface area contributed by atoms with Crippen LogP contribution in [-0.2, 0) is 47.0 Å². The van der Waals surface area contributed by atoms with Crippen molar-refractivity contribution in [3.05, 3.63) is 47.5 Å². The highest BCUT2D eigenvalue weighted by Crippen LogP contribution is 2.46. The molecule has 1 aromatic carbocycles. The molecule has 14 nitrogen and oxygen atoms in total. The van der Waals surface area contributed by atoms with Gasteiger partial charge in [-0.2, -0.15) is 0 Å². The average Bonchev–Trinajstić information content (AvgIpc) is 3.92. The fourth-order valence-corrected chi connectivity index (χ4v) is 8.34. The van der Waals surface area contributed by atoms with Crippen molar-refractivity contribution in [1.29, 1.82) is 0 Å². The number of hydrogen-bond acceptors (Lipinski definition) is 9. The first-order valence-corrected chi connectivity index (χ1v) is 19.1. The second-order valence-corrected chi connectivity index (χ2v) is 17.0. The van der Waals surface area contributed by atoms with Gasteiger partial charge in [0.1, 0.15) is 29.3 Å². The highest BCUT2D eigenvalue weighted by Gasteiger charge is 2.62. The Balaban J connectivity index is 1.25. The zero-order valence-electron chi connectivity index (χ0n) is 28.8. The standard InChI is InChI=1S/C35H47N5O9S/c1-34(2,3)49-32(44)36-27-14-8-6-4-5-7-13-24-18-35(24,31(43)38-50(46,47)26-15-16-26)37-29(41)28-17-25(21-40(28)30(27)42)48-33(45)39-19-22-11-9-10-12-23(22)20-39/h7,9-13,24-28H,4-6,8,14-21H2,1-3H3,(H,36,44)(H,37,41)(H,38,43)/b13-7-/t24-,25-,27+,28+,35-/m1/s1. The van der Waals surface area contributed by atoms with Gasteiger partial charge in [-0.1, -0.05) is 49.3 Å². The fourth-order valence-electron chi connectivity index (χ4n) is 6.98. The number of fused-ring (bicyclic) bond motifs is 3. The van der Waals surface area contributed by atoms with Crippen molar-refractivity contribution in [1.82, 2.24) is 25.2 Å². The van der Waals surface area contributed by atoms with Gasteiger partial charge in [0, 0.05) is 25.4 Å². The summed E-state index contributed by atoms with van der Waals surface area (Å²) in [6.45, 7) is 5.76. The number of nitrogens with zero attached hydrogens (tertiary/aromatic N) is 2. The summed E-state index contributed by atoms with van der Waals surface area (Å²) in [4.78, 5) is 71.1. The van der Waals surface area contributed by atoms with Gasteiger partial charge in [-0.05, 0) is 70.4 Å². The minimum absolute atomic E-state index is 0.0537. The molecule has 1 saturated heterocycles. The molecule has 0 radical (unpaired) electrons. The molecule has 2 aliphatic carbocycles.